The third kappa shape index (κ3) is 6.24. The Labute approximate surface area is 117 Å². The van der Waals surface area contributed by atoms with Crippen LogP contribution in [0, 0.1) is 10.5 Å². The van der Waals surface area contributed by atoms with Gasteiger partial charge in [0.25, 0.3) is 0 Å². The molecule has 1 aromatic rings. The van der Waals surface area contributed by atoms with Crippen LogP contribution in [-0.2, 0) is 0 Å². The maximum atomic E-state index is 9.05. The number of aliphatic hydroxyl groups is 1. The van der Waals surface area contributed by atoms with E-state index in [-0.39, 0.29) is 6.10 Å². The van der Waals surface area contributed by atoms with Crippen LogP contribution in [0.25, 0.3) is 0 Å². The molecular formula is C13H20INO2. The molecule has 0 radical (unpaired) electrons. The standard InChI is InChI=1S/C13H20INO2/c1-10-4-5-13(12(14)8-10)17-7-3-6-15-9-11(2)16/h4-5,8,11,15-16H,3,6-7,9H2,1-2H3/t11-/m1/s1. The van der Waals surface area contributed by atoms with Crippen LogP contribution in [0.3, 0.4) is 0 Å². The van der Waals surface area contributed by atoms with Crippen molar-refractivity contribution >= 4 is 22.6 Å². The van der Waals surface area contributed by atoms with Crippen molar-refractivity contribution in [1.29, 1.82) is 0 Å². The lowest BCUT2D eigenvalue weighted by Crippen LogP contribution is -2.26. The molecule has 0 aliphatic carbocycles. The van der Waals surface area contributed by atoms with Crippen molar-refractivity contribution < 1.29 is 9.84 Å². The third-order valence-electron chi connectivity index (χ3n) is 2.28. The van der Waals surface area contributed by atoms with Gasteiger partial charge < -0.3 is 15.2 Å². The number of aliphatic hydroxyl groups excluding tert-OH is 1. The lowest BCUT2D eigenvalue weighted by molar-refractivity contribution is 0.190. The van der Waals surface area contributed by atoms with Crippen LogP contribution < -0.4 is 10.1 Å². The minimum Gasteiger partial charge on any atom is -0.492 e. The molecule has 0 aromatic heterocycles. The molecule has 0 heterocycles. The average molecular weight is 349 g/mol. The number of hydrogen-bond donors (Lipinski definition) is 2. The number of hydrogen-bond acceptors (Lipinski definition) is 3. The fourth-order valence-electron chi connectivity index (χ4n) is 1.41. The highest BCUT2D eigenvalue weighted by atomic mass is 127. The molecule has 0 saturated heterocycles. The van der Waals surface area contributed by atoms with Crippen LogP contribution >= 0.6 is 22.6 Å². The van der Waals surface area contributed by atoms with Crippen LogP contribution in [0.5, 0.6) is 5.75 Å². The molecule has 0 fully saturated rings. The highest BCUT2D eigenvalue weighted by Crippen LogP contribution is 2.21. The van der Waals surface area contributed by atoms with E-state index in [0.29, 0.717) is 13.2 Å². The zero-order chi connectivity index (χ0) is 12.7. The fraction of sp³-hybridized carbons (Fsp3) is 0.538. The average Bonchev–Trinajstić information content (AvgIpc) is 2.25. The minimum atomic E-state index is -0.283. The second kappa shape index (κ2) is 7.89. The van der Waals surface area contributed by atoms with Gasteiger partial charge in [0.15, 0.2) is 0 Å². The number of nitrogens with one attached hydrogen (secondary N) is 1. The molecule has 0 amide bonds. The van der Waals surface area contributed by atoms with E-state index < -0.39 is 0 Å². The van der Waals surface area contributed by atoms with Gasteiger partial charge in [-0.1, -0.05) is 6.07 Å². The summed E-state index contributed by atoms with van der Waals surface area (Å²) in [6, 6.07) is 6.19. The summed E-state index contributed by atoms with van der Waals surface area (Å²) in [5.41, 5.74) is 1.25. The molecule has 4 heteroatoms. The minimum absolute atomic E-state index is 0.283. The fourth-order valence-corrected chi connectivity index (χ4v) is 2.24. The Balaban J connectivity index is 2.18. The lowest BCUT2D eigenvalue weighted by atomic mass is 10.2. The van der Waals surface area contributed by atoms with E-state index >= 15 is 0 Å². The SMILES string of the molecule is Cc1ccc(OCCCNC[C@@H](C)O)c(I)c1. The van der Waals surface area contributed by atoms with Crippen molar-refractivity contribution in [1.82, 2.24) is 5.32 Å². The molecule has 0 saturated carbocycles. The van der Waals surface area contributed by atoms with Crippen molar-refractivity contribution in [2.24, 2.45) is 0 Å². The number of ether oxygens (including phenoxy) is 1. The second-order valence-corrected chi connectivity index (χ2v) is 5.35. The molecule has 1 aromatic carbocycles. The van der Waals surface area contributed by atoms with Crippen LogP contribution in [0.15, 0.2) is 18.2 Å². The van der Waals surface area contributed by atoms with Crippen molar-refractivity contribution in [3.63, 3.8) is 0 Å². The van der Waals surface area contributed by atoms with Crippen LogP contribution in [-0.4, -0.2) is 30.9 Å². The maximum Gasteiger partial charge on any atom is 0.132 e. The van der Waals surface area contributed by atoms with Gasteiger partial charge in [-0.3, -0.25) is 0 Å². The first-order valence-electron chi connectivity index (χ1n) is 5.87. The summed E-state index contributed by atoms with van der Waals surface area (Å²) in [7, 11) is 0. The summed E-state index contributed by atoms with van der Waals surface area (Å²) in [6.07, 6.45) is 0.658. The highest BCUT2D eigenvalue weighted by Gasteiger charge is 2.00. The van der Waals surface area contributed by atoms with E-state index in [9.17, 15) is 0 Å². The molecule has 0 bridgehead atoms. The molecule has 17 heavy (non-hydrogen) atoms. The van der Waals surface area contributed by atoms with Gasteiger partial charge in [0.1, 0.15) is 5.75 Å². The summed E-state index contributed by atoms with van der Waals surface area (Å²) in [4.78, 5) is 0. The lowest BCUT2D eigenvalue weighted by Gasteiger charge is -2.10. The smallest absolute Gasteiger partial charge is 0.132 e. The molecule has 0 unspecified atom stereocenters. The summed E-state index contributed by atoms with van der Waals surface area (Å²) in [5.74, 6) is 0.951. The number of halogens is 1. The van der Waals surface area contributed by atoms with Crippen LogP contribution in [0.2, 0.25) is 0 Å². The van der Waals surface area contributed by atoms with Gasteiger partial charge >= 0.3 is 0 Å². The summed E-state index contributed by atoms with van der Waals surface area (Å²) in [5, 5.41) is 12.2. The first kappa shape index (κ1) is 14.7. The Hall–Kier alpha value is -0.330. The van der Waals surface area contributed by atoms with Gasteiger partial charge in [0.05, 0.1) is 16.3 Å². The topological polar surface area (TPSA) is 41.5 Å². The Kier molecular flexibility index (Phi) is 6.84. The third-order valence-corrected chi connectivity index (χ3v) is 3.13. The second-order valence-electron chi connectivity index (χ2n) is 4.19. The Morgan fingerprint density at radius 2 is 2.24 bits per heavy atom. The molecular weight excluding hydrogens is 329 g/mol. The molecule has 0 aliphatic rings. The molecule has 0 spiro atoms. The molecule has 2 N–H and O–H groups in total. The van der Waals surface area contributed by atoms with E-state index in [1.165, 1.54) is 5.56 Å². The first-order chi connectivity index (χ1) is 8.09. The summed E-state index contributed by atoms with van der Waals surface area (Å²) >= 11 is 2.29. The van der Waals surface area contributed by atoms with Gasteiger partial charge in [0, 0.05) is 6.54 Å². The van der Waals surface area contributed by atoms with Gasteiger partial charge in [-0.15, -0.1) is 0 Å². The van der Waals surface area contributed by atoms with E-state index in [1.54, 1.807) is 6.92 Å². The zero-order valence-electron chi connectivity index (χ0n) is 10.4. The zero-order valence-corrected chi connectivity index (χ0v) is 12.5. The van der Waals surface area contributed by atoms with Gasteiger partial charge in [-0.25, -0.2) is 0 Å². The molecule has 3 nitrogen and oxygen atoms in total. The van der Waals surface area contributed by atoms with Gasteiger partial charge in [0.2, 0.25) is 0 Å². The Bertz CT molecular complexity index is 342. The van der Waals surface area contributed by atoms with Crippen molar-refractivity contribution in [3.8, 4) is 5.75 Å². The van der Waals surface area contributed by atoms with Crippen molar-refractivity contribution in [2.75, 3.05) is 19.7 Å². The predicted octanol–water partition coefficient (Wildman–Crippen LogP) is 2.34. The number of aryl methyl sites for hydroxylation is 1. The molecule has 0 aliphatic heterocycles. The summed E-state index contributed by atoms with van der Waals surface area (Å²) in [6.45, 7) is 6.06. The quantitative estimate of drug-likeness (QED) is 0.587. The Morgan fingerprint density at radius 3 is 2.88 bits per heavy atom. The van der Waals surface area contributed by atoms with Crippen molar-refractivity contribution in [3.05, 3.63) is 27.3 Å². The van der Waals surface area contributed by atoms with E-state index in [1.807, 2.05) is 6.07 Å². The molecule has 1 atom stereocenters. The van der Waals surface area contributed by atoms with Crippen LogP contribution in [0.4, 0.5) is 0 Å². The highest BCUT2D eigenvalue weighted by molar-refractivity contribution is 14.1. The Morgan fingerprint density at radius 1 is 1.47 bits per heavy atom. The summed E-state index contributed by atoms with van der Waals surface area (Å²) < 4.78 is 6.84. The van der Waals surface area contributed by atoms with E-state index in [4.69, 9.17) is 9.84 Å². The van der Waals surface area contributed by atoms with E-state index in [0.717, 1.165) is 22.3 Å². The molecule has 1 rings (SSSR count). The van der Waals surface area contributed by atoms with Gasteiger partial charge in [-0.05, 0) is 67.1 Å². The van der Waals surface area contributed by atoms with Gasteiger partial charge in [-0.2, -0.15) is 0 Å². The molecule has 96 valence electrons. The van der Waals surface area contributed by atoms with Crippen LogP contribution in [0.1, 0.15) is 18.9 Å². The first-order valence-corrected chi connectivity index (χ1v) is 6.95. The predicted molar refractivity (Wildman–Crippen MR) is 78.6 cm³/mol. The number of rotatable bonds is 7. The van der Waals surface area contributed by atoms with E-state index in [2.05, 4.69) is 47.0 Å². The monoisotopic (exact) mass is 349 g/mol. The van der Waals surface area contributed by atoms with Crippen molar-refractivity contribution in [2.45, 2.75) is 26.4 Å². The maximum absolute atomic E-state index is 9.05. The normalized spacial score (nSPS) is 12.5. The number of benzene rings is 1. The largest absolute Gasteiger partial charge is 0.492 e.